The highest BCUT2D eigenvalue weighted by Gasteiger charge is 2.17. The molecule has 0 amide bonds. The van der Waals surface area contributed by atoms with Crippen molar-refractivity contribution in [1.82, 2.24) is 4.31 Å². The molecule has 0 spiro atoms. The van der Waals surface area contributed by atoms with Crippen LogP contribution in [0.2, 0.25) is 0 Å². The van der Waals surface area contributed by atoms with Crippen molar-refractivity contribution >= 4 is 17.6 Å². The molecule has 5 nitrogen and oxygen atoms in total. The van der Waals surface area contributed by atoms with E-state index in [4.69, 9.17) is 5.73 Å². The lowest BCUT2D eigenvalue weighted by Gasteiger charge is -2.28. The van der Waals surface area contributed by atoms with Crippen molar-refractivity contribution in [3.8, 4) is 0 Å². The van der Waals surface area contributed by atoms with Crippen LogP contribution in [0.1, 0.15) is 12.8 Å². The minimum atomic E-state index is -0.365. The largest absolute Gasteiger partial charge is 0.328 e. The Bertz CT molecular complexity index is 405. The van der Waals surface area contributed by atoms with Crippen LogP contribution in [-0.4, -0.2) is 28.4 Å². The average molecular weight is 253 g/mol. The van der Waals surface area contributed by atoms with Crippen LogP contribution in [0.4, 0.5) is 5.69 Å². The molecule has 0 radical (unpaired) electrons. The number of nitrogens with two attached hydrogens (primary N) is 1. The minimum Gasteiger partial charge on any atom is -0.328 e. The summed E-state index contributed by atoms with van der Waals surface area (Å²) < 4.78 is 2.21. The van der Waals surface area contributed by atoms with Crippen LogP contribution >= 0.6 is 11.9 Å². The molecule has 0 atom stereocenters. The Hall–Kier alpha value is -1.11. The van der Waals surface area contributed by atoms with Crippen molar-refractivity contribution in [2.24, 2.45) is 5.73 Å². The van der Waals surface area contributed by atoms with E-state index in [0.29, 0.717) is 6.04 Å². The van der Waals surface area contributed by atoms with E-state index in [-0.39, 0.29) is 10.6 Å². The molecule has 2 N–H and O–H groups in total. The third-order valence-electron chi connectivity index (χ3n) is 2.76. The number of nitro groups is 1. The Morgan fingerprint density at radius 1 is 1.41 bits per heavy atom. The zero-order valence-corrected chi connectivity index (χ0v) is 10.2. The third-order valence-corrected chi connectivity index (χ3v) is 3.85. The van der Waals surface area contributed by atoms with Gasteiger partial charge in [0.2, 0.25) is 0 Å². The maximum Gasteiger partial charge on any atom is 0.270 e. The van der Waals surface area contributed by atoms with E-state index in [2.05, 4.69) is 4.31 Å². The van der Waals surface area contributed by atoms with E-state index in [1.165, 1.54) is 6.07 Å². The molecule has 1 aromatic rings. The molecule has 2 rings (SSSR count). The number of nitrogens with zero attached hydrogens (tertiary/aromatic N) is 2. The summed E-state index contributed by atoms with van der Waals surface area (Å²) in [5.74, 6) is 0. The highest BCUT2D eigenvalue weighted by Crippen LogP contribution is 2.28. The molecule has 0 aliphatic carbocycles. The Morgan fingerprint density at radius 2 is 2.12 bits per heavy atom. The summed E-state index contributed by atoms with van der Waals surface area (Å²) in [7, 11) is 0. The summed E-state index contributed by atoms with van der Waals surface area (Å²) in [6.45, 7) is 1.88. The number of non-ortho nitro benzene ring substituents is 1. The van der Waals surface area contributed by atoms with Gasteiger partial charge in [0, 0.05) is 36.2 Å². The lowest BCUT2D eigenvalue weighted by atomic mass is 10.1. The number of nitro benzene ring substituents is 1. The van der Waals surface area contributed by atoms with Crippen LogP contribution in [-0.2, 0) is 0 Å². The van der Waals surface area contributed by atoms with E-state index < -0.39 is 0 Å². The number of hydrogen-bond acceptors (Lipinski definition) is 5. The lowest BCUT2D eigenvalue weighted by molar-refractivity contribution is -0.385. The Kier molecular flexibility index (Phi) is 3.98. The van der Waals surface area contributed by atoms with Crippen LogP contribution in [0.15, 0.2) is 29.2 Å². The van der Waals surface area contributed by atoms with Crippen molar-refractivity contribution < 1.29 is 4.92 Å². The van der Waals surface area contributed by atoms with Crippen molar-refractivity contribution in [3.63, 3.8) is 0 Å². The van der Waals surface area contributed by atoms with Crippen molar-refractivity contribution in [3.05, 3.63) is 34.4 Å². The third kappa shape index (κ3) is 3.42. The normalized spacial score (nSPS) is 18.2. The zero-order valence-electron chi connectivity index (χ0n) is 9.41. The summed E-state index contributed by atoms with van der Waals surface area (Å²) >= 11 is 1.57. The quantitative estimate of drug-likeness (QED) is 0.507. The van der Waals surface area contributed by atoms with Crippen LogP contribution < -0.4 is 5.73 Å². The summed E-state index contributed by atoms with van der Waals surface area (Å²) in [6, 6.07) is 7.04. The standard InChI is InChI=1S/C11H15N3O2S/c12-9-4-6-13(7-5-9)17-11-3-1-2-10(8-11)14(15)16/h1-3,8-9H,4-7,12H2. The van der Waals surface area contributed by atoms with Crippen LogP contribution in [0, 0.1) is 10.1 Å². The van der Waals surface area contributed by atoms with E-state index in [1.807, 2.05) is 6.07 Å². The molecule has 1 aromatic carbocycles. The van der Waals surface area contributed by atoms with Gasteiger partial charge in [-0.05, 0) is 30.9 Å². The van der Waals surface area contributed by atoms with Crippen LogP contribution in [0.25, 0.3) is 0 Å². The van der Waals surface area contributed by atoms with E-state index in [9.17, 15) is 10.1 Å². The molecular formula is C11H15N3O2S. The molecule has 1 saturated heterocycles. The van der Waals surface area contributed by atoms with Gasteiger partial charge in [0.25, 0.3) is 5.69 Å². The molecule has 0 unspecified atom stereocenters. The van der Waals surface area contributed by atoms with Gasteiger partial charge in [-0.1, -0.05) is 6.07 Å². The second-order valence-corrected chi connectivity index (χ2v) is 5.28. The fourth-order valence-corrected chi connectivity index (χ4v) is 2.77. The second kappa shape index (κ2) is 5.48. The van der Waals surface area contributed by atoms with E-state index in [0.717, 1.165) is 30.8 Å². The molecule has 17 heavy (non-hydrogen) atoms. The smallest absolute Gasteiger partial charge is 0.270 e. The topological polar surface area (TPSA) is 72.4 Å². The van der Waals surface area contributed by atoms with Crippen LogP contribution in [0.3, 0.4) is 0 Å². The Balaban J connectivity index is 1.98. The van der Waals surface area contributed by atoms with Crippen molar-refractivity contribution in [1.29, 1.82) is 0 Å². The lowest BCUT2D eigenvalue weighted by Crippen LogP contribution is -2.36. The summed E-state index contributed by atoms with van der Waals surface area (Å²) in [6.07, 6.45) is 1.98. The second-order valence-electron chi connectivity index (χ2n) is 4.11. The molecular weight excluding hydrogens is 238 g/mol. The first kappa shape index (κ1) is 12.3. The predicted octanol–water partition coefficient (Wildman–Crippen LogP) is 2.02. The number of benzene rings is 1. The number of rotatable bonds is 3. The number of hydrogen-bond donors (Lipinski definition) is 1. The first-order valence-corrected chi connectivity index (χ1v) is 6.35. The SMILES string of the molecule is NC1CCN(Sc2cccc([N+](=O)[O-])c2)CC1. The molecule has 0 aromatic heterocycles. The van der Waals surface area contributed by atoms with Gasteiger partial charge in [-0.3, -0.25) is 10.1 Å². The molecule has 1 fully saturated rings. The summed E-state index contributed by atoms with van der Waals surface area (Å²) in [4.78, 5) is 11.2. The summed E-state index contributed by atoms with van der Waals surface area (Å²) in [5.41, 5.74) is 5.97. The van der Waals surface area contributed by atoms with Gasteiger partial charge in [0.05, 0.1) is 4.92 Å². The number of piperidine rings is 1. The maximum absolute atomic E-state index is 10.7. The summed E-state index contributed by atoms with van der Waals surface area (Å²) in [5, 5.41) is 10.7. The zero-order chi connectivity index (χ0) is 12.3. The molecule has 92 valence electrons. The van der Waals surface area contributed by atoms with Gasteiger partial charge < -0.3 is 5.73 Å². The first-order valence-electron chi connectivity index (χ1n) is 5.58. The fraction of sp³-hybridized carbons (Fsp3) is 0.455. The van der Waals surface area contributed by atoms with Gasteiger partial charge in [-0.2, -0.15) is 0 Å². The molecule has 0 saturated carbocycles. The monoisotopic (exact) mass is 253 g/mol. The Labute approximate surface area is 104 Å². The van der Waals surface area contributed by atoms with Gasteiger partial charge in [-0.25, -0.2) is 4.31 Å². The minimum absolute atomic E-state index is 0.142. The maximum atomic E-state index is 10.7. The van der Waals surface area contributed by atoms with E-state index in [1.54, 1.807) is 24.1 Å². The van der Waals surface area contributed by atoms with Gasteiger partial charge in [-0.15, -0.1) is 0 Å². The van der Waals surface area contributed by atoms with Gasteiger partial charge in [0.1, 0.15) is 0 Å². The fourth-order valence-electron chi connectivity index (χ4n) is 1.77. The highest BCUT2D eigenvalue weighted by atomic mass is 32.2. The van der Waals surface area contributed by atoms with Crippen molar-refractivity contribution in [2.75, 3.05) is 13.1 Å². The highest BCUT2D eigenvalue weighted by molar-refractivity contribution is 7.97. The molecule has 6 heteroatoms. The molecule has 0 bridgehead atoms. The van der Waals surface area contributed by atoms with Gasteiger partial charge >= 0.3 is 0 Å². The molecule has 1 aliphatic rings. The molecule has 1 aliphatic heterocycles. The molecule has 1 heterocycles. The first-order chi connectivity index (χ1) is 8.15. The van der Waals surface area contributed by atoms with Crippen LogP contribution in [0.5, 0.6) is 0 Å². The van der Waals surface area contributed by atoms with E-state index >= 15 is 0 Å². The average Bonchev–Trinajstić information content (AvgIpc) is 2.32. The van der Waals surface area contributed by atoms with Crippen molar-refractivity contribution in [2.45, 2.75) is 23.8 Å². The Morgan fingerprint density at radius 3 is 2.76 bits per heavy atom. The van der Waals surface area contributed by atoms with Gasteiger partial charge in [0.15, 0.2) is 0 Å². The predicted molar refractivity (Wildman–Crippen MR) is 67.7 cm³/mol.